The number of thiocarbonyl (C=S) groups is 1. The van der Waals surface area contributed by atoms with E-state index in [4.69, 9.17) is 17.4 Å². The first kappa shape index (κ1) is 16.2. The molecule has 0 radical (unpaired) electrons. The highest BCUT2D eigenvalue weighted by Gasteiger charge is 2.21. The molecule has 8 heteroatoms. The second-order valence-corrected chi connectivity index (χ2v) is 5.36. The Kier molecular flexibility index (Phi) is 5.68. The van der Waals surface area contributed by atoms with Crippen molar-refractivity contribution in [2.45, 2.75) is 6.92 Å². The van der Waals surface area contributed by atoms with Crippen LogP contribution in [0.2, 0.25) is 0 Å². The largest absolute Gasteiger partial charge is 0.344 e. The van der Waals surface area contributed by atoms with E-state index in [-0.39, 0.29) is 0 Å². The smallest absolute Gasteiger partial charge is 0.341 e. The summed E-state index contributed by atoms with van der Waals surface area (Å²) in [6.45, 7) is 4.22. The Morgan fingerprint density at radius 2 is 1.82 bits per heavy atom. The number of carbonyl (C=O) groups is 1. The van der Waals surface area contributed by atoms with E-state index >= 15 is 0 Å². The monoisotopic (exact) mass is 321 g/mol. The first-order chi connectivity index (χ1) is 10.6. The molecule has 1 saturated heterocycles. The summed E-state index contributed by atoms with van der Waals surface area (Å²) < 4.78 is 0. The molecule has 0 aliphatic carbocycles. The average molecular weight is 321 g/mol. The van der Waals surface area contributed by atoms with E-state index in [1.807, 2.05) is 36.1 Å². The van der Waals surface area contributed by atoms with Gasteiger partial charge in [-0.2, -0.15) is 5.10 Å². The van der Waals surface area contributed by atoms with E-state index in [1.54, 1.807) is 11.7 Å². The maximum atomic E-state index is 11.3. The number of benzene rings is 1. The third-order valence-electron chi connectivity index (χ3n) is 3.40. The molecule has 2 rings (SSSR count). The molecule has 2 amide bonds. The van der Waals surface area contributed by atoms with Crippen molar-refractivity contribution < 1.29 is 10.0 Å². The molecule has 1 aliphatic heterocycles. The third kappa shape index (κ3) is 4.40. The molecule has 3 N–H and O–H groups in total. The van der Waals surface area contributed by atoms with Crippen molar-refractivity contribution >= 4 is 29.6 Å². The predicted octanol–water partition coefficient (Wildman–Crippen LogP) is 0.920. The molecule has 1 aromatic rings. The van der Waals surface area contributed by atoms with Crippen molar-refractivity contribution in [2.75, 3.05) is 26.2 Å². The Morgan fingerprint density at radius 3 is 2.41 bits per heavy atom. The second-order valence-electron chi connectivity index (χ2n) is 4.98. The molecule has 0 atom stereocenters. The molecule has 0 spiro atoms. The fraction of sp³-hybridized carbons (Fsp3) is 0.357. The van der Waals surface area contributed by atoms with E-state index in [2.05, 4.69) is 10.5 Å². The van der Waals surface area contributed by atoms with Crippen molar-refractivity contribution in [1.82, 2.24) is 20.7 Å². The fourth-order valence-corrected chi connectivity index (χ4v) is 2.30. The van der Waals surface area contributed by atoms with Crippen LogP contribution in [0, 0.1) is 6.92 Å². The van der Waals surface area contributed by atoms with Gasteiger partial charge in [-0.3, -0.25) is 10.6 Å². The summed E-state index contributed by atoms with van der Waals surface area (Å²) in [5.41, 5.74) is 6.65. The molecule has 22 heavy (non-hydrogen) atoms. The van der Waals surface area contributed by atoms with E-state index < -0.39 is 6.03 Å². The summed E-state index contributed by atoms with van der Waals surface area (Å²) in [5, 5.41) is 13.2. The van der Waals surface area contributed by atoms with Gasteiger partial charge in [-0.15, -0.1) is 0 Å². The molecular formula is C14H19N5O2S. The van der Waals surface area contributed by atoms with Gasteiger partial charge in [0.1, 0.15) is 0 Å². The molecule has 7 nitrogen and oxygen atoms in total. The molecular weight excluding hydrogens is 302 g/mol. The zero-order chi connectivity index (χ0) is 15.9. The lowest BCUT2D eigenvalue weighted by Gasteiger charge is -2.35. The van der Waals surface area contributed by atoms with Crippen LogP contribution >= 0.6 is 12.2 Å². The van der Waals surface area contributed by atoms with Gasteiger partial charge in [0.15, 0.2) is 5.11 Å². The number of urea groups is 1. The highest BCUT2D eigenvalue weighted by atomic mass is 32.1. The van der Waals surface area contributed by atoms with E-state index in [0.717, 1.165) is 5.56 Å². The molecule has 1 heterocycles. The number of nitrogens with one attached hydrogen (secondary N) is 2. The van der Waals surface area contributed by atoms with E-state index in [9.17, 15) is 4.79 Å². The number of rotatable bonds is 2. The first-order valence-electron chi connectivity index (χ1n) is 6.94. The maximum absolute atomic E-state index is 11.3. The summed E-state index contributed by atoms with van der Waals surface area (Å²) >= 11 is 5.28. The van der Waals surface area contributed by atoms with Gasteiger partial charge in [0.05, 0.1) is 6.21 Å². The molecule has 1 fully saturated rings. The number of amides is 2. The molecule has 0 unspecified atom stereocenters. The van der Waals surface area contributed by atoms with Gasteiger partial charge in [-0.1, -0.05) is 29.8 Å². The summed E-state index contributed by atoms with van der Waals surface area (Å²) in [7, 11) is 0. The minimum Gasteiger partial charge on any atom is -0.344 e. The predicted molar refractivity (Wildman–Crippen MR) is 88.0 cm³/mol. The van der Waals surface area contributed by atoms with Crippen LogP contribution in [-0.4, -0.2) is 58.5 Å². The van der Waals surface area contributed by atoms with Crippen LogP contribution in [0.3, 0.4) is 0 Å². The number of nitrogens with zero attached hydrogens (tertiary/aromatic N) is 3. The second kappa shape index (κ2) is 7.71. The fourth-order valence-electron chi connectivity index (χ4n) is 2.07. The van der Waals surface area contributed by atoms with Gasteiger partial charge < -0.3 is 9.80 Å². The van der Waals surface area contributed by atoms with Crippen LogP contribution in [0.5, 0.6) is 0 Å². The Hall–Kier alpha value is -2.19. The minimum atomic E-state index is -0.490. The summed E-state index contributed by atoms with van der Waals surface area (Å²) in [4.78, 5) is 14.7. The Labute approximate surface area is 134 Å². The lowest BCUT2D eigenvalue weighted by Crippen LogP contribution is -2.54. The number of hydrogen-bond acceptors (Lipinski definition) is 4. The van der Waals surface area contributed by atoms with E-state index in [1.165, 1.54) is 10.5 Å². The van der Waals surface area contributed by atoms with E-state index in [0.29, 0.717) is 31.3 Å². The number of hydroxylamine groups is 1. The van der Waals surface area contributed by atoms with Crippen LogP contribution in [-0.2, 0) is 0 Å². The molecule has 0 bridgehead atoms. The first-order valence-corrected chi connectivity index (χ1v) is 7.34. The number of hydrazone groups is 1. The normalized spacial score (nSPS) is 15.0. The SMILES string of the molecule is Cc1ccc(/C=N/NC(=S)N2CCN(C(=O)NO)CC2)cc1. The molecule has 1 aromatic carbocycles. The van der Waals surface area contributed by atoms with Crippen molar-refractivity contribution in [3.63, 3.8) is 0 Å². The van der Waals surface area contributed by atoms with Crippen molar-refractivity contribution in [3.05, 3.63) is 35.4 Å². The molecule has 1 aliphatic rings. The lowest BCUT2D eigenvalue weighted by atomic mass is 10.2. The van der Waals surface area contributed by atoms with Crippen LogP contribution in [0.25, 0.3) is 0 Å². The number of hydrogen-bond donors (Lipinski definition) is 3. The third-order valence-corrected chi connectivity index (χ3v) is 3.75. The van der Waals surface area contributed by atoms with Gasteiger partial charge in [0, 0.05) is 26.2 Å². The highest BCUT2D eigenvalue weighted by molar-refractivity contribution is 7.80. The summed E-state index contributed by atoms with van der Waals surface area (Å²) in [5.74, 6) is 0. The van der Waals surface area contributed by atoms with Gasteiger partial charge in [0.2, 0.25) is 0 Å². The standard InChI is InChI=1S/C14H19N5O2S/c1-11-2-4-12(5-3-11)10-15-16-14(22)19-8-6-18(7-9-19)13(20)17-21/h2-5,10,21H,6-9H2,1H3,(H,16,22)(H,17,20)/b15-10+. The van der Waals surface area contributed by atoms with Crippen LogP contribution in [0.15, 0.2) is 29.4 Å². The Bertz CT molecular complexity index is 553. The van der Waals surface area contributed by atoms with Gasteiger partial charge in [0.25, 0.3) is 0 Å². The van der Waals surface area contributed by atoms with Crippen molar-refractivity contribution in [2.24, 2.45) is 5.10 Å². The van der Waals surface area contributed by atoms with Crippen LogP contribution < -0.4 is 10.9 Å². The molecule has 118 valence electrons. The average Bonchev–Trinajstić information content (AvgIpc) is 2.56. The summed E-state index contributed by atoms with van der Waals surface area (Å²) in [6, 6.07) is 7.51. The zero-order valence-corrected chi connectivity index (χ0v) is 13.1. The maximum Gasteiger partial charge on any atom is 0.341 e. The summed E-state index contributed by atoms with van der Waals surface area (Å²) in [6.07, 6.45) is 1.71. The quantitative estimate of drug-likeness (QED) is 0.327. The number of carbonyl (C=O) groups excluding carboxylic acids is 1. The minimum absolute atomic E-state index is 0.490. The zero-order valence-electron chi connectivity index (χ0n) is 12.3. The van der Waals surface area contributed by atoms with Crippen LogP contribution in [0.4, 0.5) is 4.79 Å². The van der Waals surface area contributed by atoms with Gasteiger partial charge in [-0.25, -0.2) is 10.3 Å². The van der Waals surface area contributed by atoms with Gasteiger partial charge >= 0.3 is 6.03 Å². The van der Waals surface area contributed by atoms with Crippen molar-refractivity contribution in [3.8, 4) is 0 Å². The van der Waals surface area contributed by atoms with Gasteiger partial charge in [-0.05, 0) is 24.7 Å². The highest BCUT2D eigenvalue weighted by Crippen LogP contribution is 2.03. The Morgan fingerprint density at radius 1 is 1.23 bits per heavy atom. The number of piperazine rings is 1. The molecule has 0 aromatic heterocycles. The Balaban J connectivity index is 1.78. The van der Waals surface area contributed by atoms with Crippen molar-refractivity contribution in [1.29, 1.82) is 0 Å². The van der Waals surface area contributed by atoms with Crippen LogP contribution in [0.1, 0.15) is 11.1 Å². The molecule has 0 saturated carbocycles. The lowest BCUT2D eigenvalue weighted by molar-refractivity contribution is 0.115. The number of aryl methyl sites for hydroxylation is 1. The topological polar surface area (TPSA) is 80.2 Å².